The summed E-state index contributed by atoms with van der Waals surface area (Å²) in [6, 6.07) is 0. The molecule has 0 aliphatic heterocycles. The molecule has 4 rings (SSSR count). The van der Waals surface area contributed by atoms with Crippen molar-refractivity contribution < 1.29 is 0 Å². The lowest BCUT2D eigenvalue weighted by molar-refractivity contribution is 1.62. The van der Waals surface area contributed by atoms with E-state index in [2.05, 4.69) is 0 Å². The summed E-state index contributed by atoms with van der Waals surface area (Å²) < 4.78 is 1.34. The van der Waals surface area contributed by atoms with E-state index in [-0.39, 0.29) is 49.3 Å². The van der Waals surface area contributed by atoms with E-state index in [9.17, 15) is 0 Å². The average Bonchev–Trinajstić information content (AvgIpc) is 3.15. The van der Waals surface area contributed by atoms with Gasteiger partial charge in [-0.05, 0) is 29.0 Å². The van der Waals surface area contributed by atoms with E-state index in [1.54, 1.807) is 0 Å². The second kappa shape index (κ2) is 7.58. The van der Waals surface area contributed by atoms with Crippen molar-refractivity contribution in [1.29, 1.82) is 0 Å². The monoisotopic (exact) mass is 384 g/mol. The summed E-state index contributed by atoms with van der Waals surface area (Å²) in [5, 5.41) is 1.34. The fourth-order valence-corrected chi connectivity index (χ4v) is 5.26. The summed E-state index contributed by atoms with van der Waals surface area (Å²) in [7, 11) is 68.5. The topological polar surface area (TPSA) is 0 Å². The number of hydrogen-bond acceptors (Lipinski definition) is 1. The van der Waals surface area contributed by atoms with Gasteiger partial charge in [0.05, 0.1) is 0 Å². The zero-order valence-electron chi connectivity index (χ0n) is 16.8. The van der Waals surface area contributed by atoms with Crippen LogP contribution < -0.4 is 60.1 Å². The van der Waals surface area contributed by atoms with Crippen LogP contribution in [0.1, 0.15) is 5.56 Å². The van der Waals surface area contributed by atoms with Crippen molar-refractivity contribution in [3.05, 3.63) is 5.56 Å². The highest BCUT2D eigenvalue weighted by Gasteiger charge is 2.22. The Bertz CT molecular complexity index is 1420. The number of thiophene rings is 1. The van der Waals surface area contributed by atoms with Gasteiger partial charge in [0, 0.05) is 14.8 Å². The minimum absolute atomic E-state index is 0.0757. The van der Waals surface area contributed by atoms with Crippen molar-refractivity contribution in [3.8, 4) is 11.1 Å². The summed E-state index contributed by atoms with van der Waals surface area (Å²) in [6.07, 6.45) is 0. The van der Waals surface area contributed by atoms with Gasteiger partial charge in [0.1, 0.15) is 86.3 Å². The van der Waals surface area contributed by atoms with Crippen LogP contribution in [0.5, 0.6) is 0 Å². The Balaban J connectivity index is 2.30. The summed E-state index contributed by atoms with van der Waals surface area (Å²) in [5.41, 5.74) is 3.47. The summed E-state index contributed by atoms with van der Waals surface area (Å²) in [5.74, 6) is 0. The molecule has 0 aliphatic carbocycles. The molecule has 1 heterocycles. The standard InChI is InChI=1S/C19H3B11S/c1-2-3-6-8(21)4(5-9(22)13(26)15(28)14(27)10(5)23)11(24)16(29)19(6)31-18(3)17(30)12(25)7(2)20/h1H3. The maximum Gasteiger partial charge on any atom is 0.115 e. The van der Waals surface area contributed by atoms with Crippen molar-refractivity contribution in [2.24, 2.45) is 0 Å². The zero-order valence-corrected chi connectivity index (χ0v) is 17.6. The fourth-order valence-electron chi connectivity index (χ4n) is 3.94. The smallest absolute Gasteiger partial charge is 0.115 e. The van der Waals surface area contributed by atoms with Crippen molar-refractivity contribution in [2.45, 2.75) is 6.92 Å². The molecule has 0 N–H and O–H groups in total. The van der Waals surface area contributed by atoms with Crippen LogP contribution in [0.25, 0.3) is 31.3 Å². The third-order valence-electron chi connectivity index (χ3n) is 5.80. The van der Waals surface area contributed by atoms with Crippen LogP contribution in [-0.4, -0.2) is 86.3 Å². The third kappa shape index (κ3) is 2.96. The van der Waals surface area contributed by atoms with Crippen LogP contribution in [0.3, 0.4) is 0 Å². The third-order valence-corrected chi connectivity index (χ3v) is 7.06. The molecule has 0 amide bonds. The van der Waals surface area contributed by atoms with E-state index in [0.29, 0.717) is 42.3 Å². The Labute approximate surface area is 201 Å². The first-order valence-electron chi connectivity index (χ1n) is 9.08. The van der Waals surface area contributed by atoms with E-state index in [4.69, 9.17) is 86.3 Å². The van der Waals surface area contributed by atoms with E-state index < -0.39 is 0 Å². The highest BCUT2D eigenvalue weighted by molar-refractivity contribution is 7.28. The van der Waals surface area contributed by atoms with Gasteiger partial charge in [0.25, 0.3) is 0 Å². The molecule has 0 spiro atoms. The van der Waals surface area contributed by atoms with Gasteiger partial charge in [0.2, 0.25) is 0 Å². The second-order valence-corrected chi connectivity index (χ2v) is 8.46. The van der Waals surface area contributed by atoms with Gasteiger partial charge in [-0.1, -0.05) is 32.8 Å². The molecule has 0 nitrogen and oxygen atoms in total. The van der Waals surface area contributed by atoms with Crippen molar-refractivity contribution >= 4 is 178 Å². The quantitative estimate of drug-likeness (QED) is 0.287. The van der Waals surface area contributed by atoms with Crippen molar-refractivity contribution in [2.75, 3.05) is 0 Å². The fraction of sp³-hybridized carbons (Fsp3) is 0.0526. The van der Waals surface area contributed by atoms with Crippen LogP contribution in [0.2, 0.25) is 0 Å². The minimum Gasteiger partial charge on any atom is -0.136 e. The largest absolute Gasteiger partial charge is 0.136 e. The second-order valence-electron chi connectivity index (χ2n) is 7.44. The van der Waals surface area contributed by atoms with Crippen LogP contribution in [0.4, 0.5) is 0 Å². The molecule has 118 valence electrons. The van der Waals surface area contributed by atoms with Crippen molar-refractivity contribution in [1.82, 2.24) is 0 Å². The van der Waals surface area contributed by atoms with Gasteiger partial charge < -0.3 is 0 Å². The highest BCUT2D eigenvalue weighted by atomic mass is 32.1. The molecule has 0 saturated heterocycles. The molecule has 1 aromatic heterocycles. The van der Waals surface area contributed by atoms with Gasteiger partial charge in [-0.25, -0.2) is 0 Å². The van der Waals surface area contributed by atoms with Crippen molar-refractivity contribution in [3.63, 3.8) is 0 Å². The van der Waals surface area contributed by atoms with E-state index in [0.717, 1.165) is 5.39 Å². The van der Waals surface area contributed by atoms with E-state index in [1.807, 2.05) is 6.92 Å². The average molecular weight is 382 g/mol. The number of aryl methyl sites for hydroxylation is 1. The SMILES string of the molecule is [B]c1c([B])c([B])c(-c2c([B])c([B])c3sc4c([B])c([B])c([B])c(C)c4c3c2[B])c([B])c1[B]. The van der Waals surface area contributed by atoms with Crippen LogP contribution in [0, 0.1) is 6.92 Å². The lowest BCUT2D eigenvalue weighted by Crippen LogP contribution is -2.56. The Morgan fingerprint density at radius 3 is 1.29 bits per heavy atom. The number of benzene rings is 3. The van der Waals surface area contributed by atoms with Gasteiger partial charge in [-0.2, -0.15) is 0 Å². The molecular weight excluding hydrogens is 379 g/mol. The van der Waals surface area contributed by atoms with Gasteiger partial charge in [-0.15, -0.1) is 38.7 Å². The summed E-state index contributed by atoms with van der Waals surface area (Å²) in [6.45, 7) is 1.83. The summed E-state index contributed by atoms with van der Waals surface area (Å²) in [4.78, 5) is 0. The molecule has 4 aromatic rings. The predicted octanol–water partition coefficient (Wildman–Crippen LogP) is -7.24. The normalized spacial score (nSPS) is 11.5. The lowest BCUT2D eigenvalue weighted by atomic mass is 9.57. The first-order chi connectivity index (χ1) is 14.4. The molecule has 0 atom stereocenters. The summed E-state index contributed by atoms with van der Waals surface area (Å²) >= 11 is 1.32. The first-order valence-corrected chi connectivity index (χ1v) is 9.90. The Morgan fingerprint density at radius 2 is 0.742 bits per heavy atom. The molecule has 22 radical (unpaired) electrons. The molecular formula is C19H3B11S. The maximum atomic E-state index is 6.65. The van der Waals surface area contributed by atoms with Gasteiger partial charge >= 0.3 is 0 Å². The molecule has 31 heavy (non-hydrogen) atoms. The molecule has 12 heteroatoms. The van der Waals surface area contributed by atoms with Crippen LogP contribution in [-0.2, 0) is 0 Å². The van der Waals surface area contributed by atoms with Gasteiger partial charge in [-0.3, -0.25) is 0 Å². The Kier molecular flexibility index (Phi) is 5.57. The highest BCUT2D eigenvalue weighted by Crippen LogP contribution is 2.32. The van der Waals surface area contributed by atoms with E-state index in [1.165, 1.54) is 11.3 Å². The van der Waals surface area contributed by atoms with Crippen LogP contribution in [0.15, 0.2) is 0 Å². The van der Waals surface area contributed by atoms with E-state index >= 15 is 0 Å². The zero-order chi connectivity index (χ0) is 23.1. The van der Waals surface area contributed by atoms with Gasteiger partial charge in [0.15, 0.2) is 0 Å². The predicted molar refractivity (Wildman–Crippen MR) is 149 cm³/mol. The first kappa shape index (κ1) is 22.8. The Hall–Kier alpha value is -1.41. The lowest BCUT2D eigenvalue weighted by Gasteiger charge is -2.26. The number of rotatable bonds is 1. The molecule has 0 aliphatic rings. The number of hydrogen-bond donors (Lipinski definition) is 0. The van der Waals surface area contributed by atoms with Crippen LogP contribution >= 0.6 is 11.3 Å². The molecule has 0 fully saturated rings. The molecule has 0 bridgehead atoms. The molecule has 0 saturated carbocycles. The molecule has 3 aromatic carbocycles. The maximum absolute atomic E-state index is 6.65. The number of fused-ring (bicyclic) bond motifs is 3. The Morgan fingerprint density at radius 1 is 0.387 bits per heavy atom. The molecule has 0 unspecified atom stereocenters. The minimum atomic E-state index is 0.0757.